The van der Waals surface area contributed by atoms with Crippen molar-refractivity contribution in [1.29, 1.82) is 0 Å². The molecule has 0 aliphatic carbocycles. The van der Waals surface area contributed by atoms with Crippen LogP contribution in [0, 0.1) is 0 Å². The molecule has 1 unspecified atom stereocenters. The summed E-state index contributed by atoms with van der Waals surface area (Å²) in [5.41, 5.74) is 3.22. The van der Waals surface area contributed by atoms with Gasteiger partial charge in [0.05, 0.1) is 0 Å². The zero-order valence-electron chi connectivity index (χ0n) is 12.1. The average molecular weight is 268 g/mol. The molecule has 0 bridgehead atoms. The van der Waals surface area contributed by atoms with Gasteiger partial charge in [-0.2, -0.15) is 0 Å². The summed E-state index contributed by atoms with van der Waals surface area (Å²) in [6.45, 7) is 1.88. The second-order valence-corrected chi connectivity index (χ2v) is 5.01. The number of likely N-dealkylation sites (N-methyl/N-ethyl adjacent to an activating group) is 1. The minimum Gasteiger partial charge on any atom is -0.373 e. The molecule has 2 aromatic carbocycles. The van der Waals surface area contributed by atoms with Crippen molar-refractivity contribution in [2.24, 2.45) is 0 Å². The molecule has 0 spiro atoms. The fourth-order valence-electron chi connectivity index (χ4n) is 2.16. The van der Waals surface area contributed by atoms with Crippen molar-refractivity contribution >= 4 is 11.6 Å². The number of carbonyl (C=O) groups is 1. The van der Waals surface area contributed by atoms with Gasteiger partial charge >= 0.3 is 0 Å². The van der Waals surface area contributed by atoms with E-state index < -0.39 is 0 Å². The van der Waals surface area contributed by atoms with Crippen LogP contribution >= 0.6 is 0 Å². The lowest BCUT2D eigenvalue weighted by Gasteiger charge is -2.20. The highest BCUT2D eigenvalue weighted by Crippen LogP contribution is 2.28. The molecule has 0 aliphatic rings. The van der Waals surface area contributed by atoms with Crippen molar-refractivity contribution in [2.75, 3.05) is 19.4 Å². The van der Waals surface area contributed by atoms with Crippen LogP contribution in [0.4, 0.5) is 5.69 Å². The highest BCUT2D eigenvalue weighted by Gasteiger charge is 2.15. The molecule has 3 nitrogen and oxygen atoms in total. The molecule has 0 aliphatic heterocycles. The number of para-hydroxylation sites is 1. The lowest BCUT2D eigenvalue weighted by molar-refractivity contribution is -0.129. The number of hydrogen-bond donors (Lipinski definition) is 1. The monoisotopic (exact) mass is 268 g/mol. The standard InChI is InChI=1S/C17H20N2O/c1-13(17(20)19(2)3)18-16-12-8-7-11-15(16)14-9-5-4-6-10-14/h4-13,18H,1-3H3. The summed E-state index contributed by atoms with van der Waals surface area (Å²) >= 11 is 0. The van der Waals surface area contributed by atoms with E-state index in [4.69, 9.17) is 0 Å². The summed E-state index contributed by atoms with van der Waals surface area (Å²) in [5, 5.41) is 3.30. The zero-order valence-corrected chi connectivity index (χ0v) is 12.1. The van der Waals surface area contributed by atoms with E-state index in [0.29, 0.717) is 0 Å². The normalized spacial score (nSPS) is 11.8. The lowest BCUT2D eigenvalue weighted by atomic mass is 10.0. The first-order valence-electron chi connectivity index (χ1n) is 6.71. The van der Waals surface area contributed by atoms with Gasteiger partial charge in [0.1, 0.15) is 6.04 Å². The summed E-state index contributed by atoms with van der Waals surface area (Å²) in [6.07, 6.45) is 0. The number of rotatable bonds is 4. The first kappa shape index (κ1) is 14.1. The molecule has 0 radical (unpaired) electrons. The first-order chi connectivity index (χ1) is 9.59. The fourth-order valence-corrected chi connectivity index (χ4v) is 2.16. The molecule has 0 saturated heterocycles. The Kier molecular flexibility index (Phi) is 4.41. The molecule has 1 amide bonds. The number of benzene rings is 2. The second-order valence-electron chi connectivity index (χ2n) is 5.01. The molecule has 20 heavy (non-hydrogen) atoms. The van der Waals surface area contributed by atoms with Gasteiger partial charge in [-0.3, -0.25) is 4.79 Å². The van der Waals surface area contributed by atoms with Crippen LogP contribution in [0.15, 0.2) is 54.6 Å². The molecule has 0 heterocycles. The van der Waals surface area contributed by atoms with Crippen LogP contribution in [0.5, 0.6) is 0 Å². The summed E-state index contributed by atoms with van der Waals surface area (Å²) in [5.74, 6) is 0.0628. The van der Waals surface area contributed by atoms with Gasteiger partial charge < -0.3 is 10.2 Å². The van der Waals surface area contributed by atoms with E-state index in [1.807, 2.05) is 43.3 Å². The van der Waals surface area contributed by atoms with E-state index in [-0.39, 0.29) is 11.9 Å². The van der Waals surface area contributed by atoms with Gasteiger partial charge in [0.15, 0.2) is 0 Å². The van der Waals surface area contributed by atoms with Crippen molar-refractivity contribution in [3.05, 3.63) is 54.6 Å². The maximum Gasteiger partial charge on any atom is 0.244 e. The van der Waals surface area contributed by atoms with E-state index in [1.54, 1.807) is 19.0 Å². The predicted molar refractivity (Wildman–Crippen MR) is 83.7 cm³/mol. The highest BCUT2D eigenvalue weighted by molar-refractivity contribution is 5.86. The largest absolute Gasteiger partial charge is 0.373 e. The highest BCUT2D eigenvalue weighted by atomic mass is 16.2. The van der Waals surface area contributed by atoms with Gasteiger partial charge in [-0.25, -0.2) is 0 Å². The Morgan fingerprint density at radius 3 is 2.25 bits per heavy atom. The van der Waals surface area contributed by atoms with E-state index >= 15 is 0 Å². The molecule has 3 heteroatoms. The molecule has 0 fully saturated rings. The molecule has 0 saturated carbocycles. The van der Waals surface area contributed by atoms with Gasteiger partial charge in [-0.15, -0.1) is 0 Å². The van der Waals surface area contributed by atoms with Crippen molar-refractivity contribution in [3.8, 4) is 11.1 Å². The lowest BCUT2D eigenvalue weighted by Crippen LogP contribution is -2.36. The average Bonchev–Trinajstić information content (AvgIpc) is 2.47. The maximum absolute atomic E-state index is 12.0. The molecular formula is C17H20N2O. The predicted octanol–water partition coefficient (Wildman–Crippen LogP) is 3.24. The van der Waals surface area contributed by atoms with Gasteiger partial charge in [-0.05, 0) is 18.6 Å². The Balaban J connectivity index is 2.28. The van der Waals surface area contributed by atoms with E-state index in [0.717, 1.165) is 16.8 Å². The fraction of sp³-hybridized carbons (Fsp3) is 0.235. The Hall–Kier alpha value is -2.29. The van der Waals surface area contributed by atoms with Crippen molar-refractivity contribution in [3.63, 3.8) is 0 Å². The number of hydrogen-bond acceptors (Lipinski definition) is 2. The third-order valence-corrected chi connectivity index (χ3v) is 3.20. The summed E-state index contributed by atoms with van der Waals surface area (Å²) < 4.78 is 0. The van der Waals surface area contributed by atoms with Gasteiger partial charge in [0.25, 0.3) is 0 Å². The summed E-state index contributed by atoms with van der Waals surface area (Å²) in [4.78, 5) is 13.6. The quantitative estimate of drug-likeness (QED) is 0.923. The van der Waals surface area contributed by atoms with Gasteiger partial charge in [0.2, 0.25) is 5.91 Å². The van der Waals surface area contributed by atoms with Crippen molar-refractivity contribution in [1.82, 2.24) is 4.90 Å². The summed E-state index contributed by atoms with van der Waals surface area (Å²) in [6, 6.07) is 18.0. The third kappa shape index (κ3) is 3.18. The molecule has 0 aromatic heterocycles. The number of nitrogens with one attached hydrogen (secondary N) is 1. The SMILES string of the molecule is CC(Nc1ccccc1-c1ccccc1)C(=O)N(C)C. The number of carbonyl (C=O) groups excluding carboxylic acids is 1. The van der Waals surface area contributed by atoms with Crippen molar-refractivity contribution < 1.29 is 4.79 Å². The van der Waals surface area contributed by atoms with Crippen LogP contribution in [-0.2, 0) is 4.79 Å². The Morgan fingerprint density at radius 1 is 1.00 bits per heavy atom. The Labute approximate surface area is 120 Å². The second kappa shape index (κ2) is 6.24. The smallest absolute Gasteiger partial charge is 0.244 e. The Morgan fingerprint density at radius 2 is 1.60 bits per heavy atom. The van der Waals surface area contributed by atoms with Crippen LogP contribution in [0.25, 0.3) is 11.1 Å². The number of nitrogens with zero attached hydrogens (tertiary/aromatic N) is 1. The van der Waals surface area contributed by atoms with Crippen LogP contribution in [0.1, 0.15) is 6.92 Å². The molecule has 1 N–H and O–H groups in total. The molecular weight excluding hydrogens is 248 g/mol. The van der Waals surface area contributed by atoms with Crippen LogP contribution < -0.4 is 5.32 Å². The van der Waals surface area contributed by atoms with E-state index in [2.05, 4.69) is 23.5 Å². The van der Waals surface area contributed by atoms with Crippen molar-refractivity contribution in [2.45, 2.75) is 13.0 Å². The van der Waals surface area contributed by atoms with E-state index in [9.17, 15) is 4.79 Å². The first-order valence-corrected chi connectivity index (χ1v) is 6.71. The van der Waals surface area contributed by atoms with Gasteiger partial charge in [0, 0.05) is 25.3 Å². The molecule has 2 rings (SSSR count). The summed E-state index contributed by atoms with van der Waals surface area (Å²) in [7, 11) is 3.53. The minimum atomic E-state index is -0.255. The van der Waals surface area contributed by atoms with Crippen LogP contribution in [-0.4, -0.2) is 30.9 Å². The zero-order chi connectivity index (χ0) is 14.5. The topological polar surface area (TPSA) is 32.3 Å². The molecule has 2 aromatic rings. The third-order valence-electron chi connectivity index (χ3n) is 3.20. The van der Waals surface area contributed by atoms with E-state index in [1.165, 1.54) is 0 Å². The Bertz CT molecular complexity index is 579. The van der Waals surface area contributed by atoms with Gasteiger partial charge in [-0.1, -0.05) is 48.5 Å². The van der Waals surface area contributed by atoms with Crippen LogP contribution in [0.2, 0.25) is 0 Å². The minimum absolute atomic E-state index is 0.0628. The molecule has 1 atom stereocenters. The van der Waals surface area contributed by atoms with Crippen LogP contribution in [0.3, 0.4) is 0 Å². The number of amides is 1. The number of anilines is 1. The molecule has 104 valence electrons. The maximum atomic E-state index is 12.0.